The Morgan fingerprint density at radius 1 is 1.20 bits per heavy atom. The van der Waals surface area contributed by atoms with E-state index in [-0.39, 0.29) is 5.82 Å². The second-order valence-corrected chi connectivity index (χ2v) is 6.67. The number of H-pyrrole nitrogens is 1. The zero-order valence-corrected chi connectivity index (χ0v) is 14.3. The minimum Gasteiger partial charge on any atom is -0.492 e. The summed E-state index contributed by atoms with van der Waals surface area (Å²) in [5.41, 5.74) is 2.97. The maximum Gasteiger partial charge on any atom is 0.141 e. The molecular weight excluding hydrogens is 317 g/mol. The summed E-state index contributed by atoms with van der Waals surface area (Å²) in [5, 5.41) is 4.22. The van der Waals surface area contributed by atoms with Crippen molar-refractivity contribution in [3.05, 3.63) is 48.0 Å². The van der Waals surface area contributed by atoms with E-state index in [4.69, 9.17) is 4.74 Å². The molecule has 3 heterocycles. The first-order chi connectivity index (χ1) is 12.2. The molecule has 0 unspecified atom stereocenters. The van der Waals surface area contributed by atoms with Crippen molar-refractivity contribution in [3.8, 4) is 16.9 Å². The molecule has 1 aromatic carbocycles. The lowest BCUT2D eigenvalue weighted by Crippen LogP contribution is -2.30. The number of aryl methyl sites for hydroxylation is 1. The summed E-state index contributed by atoms with van der Waals surface area (Å²) in [7, 11) is 0. The van der Waals surface area contributed by atoms with Gasteiger partial charge in [0.05, 0.1) is 12.0 Å². The van der Waals surface area contributed by atoms with Gasteiger partial charge >= 0.3 is 0 Å². The highest BCUT2D eigenvalue weighted by molar-refractivity contribution is 5.98. The van der Waals surface area contributed by atoms with E-state index in [1.54, 1.807) is 12.1 Å². The molecule has 25 heavy (non-hydrogen) atoms. The summed E-state index contributed by atoms with van der Waals surface area (Å²) in [6, 6.07) is 8.75. The Morgan fingerprint density at radius 2 is 2.00 bits per heavy atom. The van der Waals surface area contributed by atoms with Crippen LogP contribution in [-0.2, 0) is 0 Å². The lowest BCUT2D eigenvalue weighted by atomic mass is 9.99. The van der Waals surface area contributed by atoms with Crippen molar-refractivity contribution in [3.63, 3.8) is 0 Å². The van der Waals surface area contributed by atoms with Gasteiger partial charge in [0.25, 0.3) is 0 Å². The molecule has 4 rings (SSSR count). The molecule has 0 radical (unpaired) electrons. The van der Waals surface area contributed by atoms with Crippen LogP contribution in [0.1, 0.15) is 18.5 Å². The molecule has 2 aromatic heterocycles. The number of aromatic amines is 1. The van der Waals surface area contributed by atoms with Crippen molar-refractivity contribution in [2.45, 2.75) is 19.8 Å². The zero-order valence-electron chi connectivity index (χ0n) is 14.3. The van der Waals surface area contributed by atoms with Crippen molar-refractivity contribution < 1.29 is 9.13 Å². The van der Waals surface area contributed by atoms with Gasteiger partial charge in [-0.1, -0.05) is 18.2 Å². The molecule has 0 bridgehead atoms. The van der Waals surface area contributed by atoms with Crippen molar-refractivity contribution >= 4 is 11.0 Å². The summed E-state index contributed by atoms with van der Waals surface area (Å²) in [6.45, 7) is 4.72. The van der Waals surface area contributed by atoms with Gasteiger partial charge in [-0.05, 0) is 44.8 Å². The molecule has 0 amide bonds. The number of aromatic nitrogens is 2. The van der Waals surface area contributed by atoms with Gasteiger partial charge in [-0.15, -0.1) is 0 Å². The average Bonchev–Trinajstić information content (AvgIpc) is 3.04. The predicted octanol–water partition coefficient (Wildman–Crippen LogP) is 4.06. The third kappa shape index (κ3) is 3.24. The van der Waals surface area contributed by atoms with Crippen LogP contribution >= 0.6 is 0 Å². The number of halogens is 1. The van der Waals surface area contributed by atoms with E-state index in [0.29, 0.717) is 18.1 Å². The number of ether oxygens (including phenoxy) is 1. The highest BCUT2D eigenvalue weighted by Gasteiger charge is 2.18. The van der Waals surface area contributed by atoms with Crippen LogP contribution in [0.4, 0.5) is 4.39 Å². The molecule has 0 spiro atoms. The van der Waals surface area contributed by atoms with Crippen LogP contribution in [0.25, 0.3) is 22.2 Å². The molecule has 0 saturated carbocycles. The normalized spacial score (nSPS) is 15.6. The Labute approximate surface area is 146 Å². The minimum absolute atomic E-state index is 0.242. The average molecular weight is 339 g/mol. The monoisotopic (exact) mass is 339 g/mol. The molecule has 0 atom stereocenters. The summed E-state index contributed by atoms with van der Waals surface area (Å²) in [6.07, 6.45) is 4.06. The van der Waals surface area contributed by atoms with Crippen LogP contribution in [0.2, 0.25) is 0 Å². The zero-order chi connectivity index (χ0) is 17.2. The summed E-state index contributed by atoms with van der Waals surface area (Å²) < 4.78 is 20.5. The van der Waals surface area contributed by atoms with Gasteiger partial charge in [-0.3, -0.25) is 0 Å². The fourth-order valence-electron chi connectivity index (χ4n) is 3.48. The highest BCUT2D eigenvalue weighted by atomic mass is 19.1. The van der Waals surface area contributed by atoms with E-state index in [9.17, 15) is 4.39 Å². The van der Waals surface area contributed by atoms with Gasteiger partial charge in [-0.25, -0.2) is 9.37 Å². The highest BCUT2D eigenvalue weighted by Crippen LogP contribution is 2.36. The molecule has 2 N–H and O–H groups in total. The van der Waals surface area contributed by atoms with E-state index >= 15 is 0 Å². The van der Waals surface area contributed by atoms with Crippen LogP contribution in [-0.4, -0.2) is 29.7 Å². The van der Waals surface area contributed by atoms with Gasteiger partial charge in [0.2, 0.25) is 0 Å². The summed E-state index contributed by atoms with van der Waals surface area (Å²) in [5.74, 6) is 1.09. The molecule has 4 nitrogen and oxygen atoms in total. The molecule has 0 aliphatic carbocycles. The first-order valence-electron chi connectivity index (χ1n) is 8.79. The van der Waals surface area contributed by atoms with Crippen LogP contribution < -0.4 is 10.1 Å². The third-order valence-electron chi connectivity index (χ3n) is 4.83. The Bertz CT molecular complexity index is 884. The lowest BCUT2D eigenvalue weighted by molar-refractivity contribution is 0.217. The van der Waals surface area contributed by atoms with Crippen LogP contribution in [0.15, 0.2) is 36.5 Å². The standard InChI is InChI=1S/C20H22FN3O/c1-13-10-18(25-12-14-6-8-22-9-7-14)19-16(11-23-20(19)24-13)15-4-2-3-5-17(15)21/h2-5,10-11,14,22H,6-9,12H2,1H3,(H,23,24). The maximum absolute atomic E-state index is 14.3. The fourth-order valence-corrected chi connectivity index (χ4v) is 3.48. The number of hydrogen-bond acceptors (Lipinski definition) is 3. The quantitative estimate of drug-likeness (QED) is 0.754. The van der Waals surface area contributed by atoms with E-state index < -0.39 is 0 Å². The molecule has 130 valence electrons. The number of benzene rings is 1. The number of rotatable bonds is 4. The molecule has 1 aliphatic heterocycles. The smallest absolute Gasteiger partial charge is 0.141 e. The maximum atomic E-state index is 14.3. The number of nitrogens with zero attached hydrogens (tertiary/aromatic N) is 1. The van der Waals surface area contributed by atoms with Crippen LogP contribution in [0, 0.1) is 18.7 Å². The van der Waals surface area contributed by atoms with E-state index in [0.717, 1.165) is 54.0 Å². The van der Waals surface area contributed by atoms with E-state index in [1.807, 2.05) is 25.3 Å². The van der Waals surface area contributed by atoms with Crippen molar-refractivity contribution in [1.82, 2.24) is 15.3 Å². The predicted molar refractivity (Wildman–Crippen MR) is 97.3 cm³/mol. The number of fused-ring (bicyclic) bond motifs is 1. The van der Waals surface area contributed by atoms with Gasteiger partial charge in [0.1, 0.15) is 17.2 Å². The van der Waals surface area contributed by atoms with Crippen molar-refractivity contribution in [2.24, 2.45) is 5.92 Å². The Kier molecular flexibility index (Phi) is 4.40. The summed E-state index contributed by atoms with van der Waals surface area (Å²) in [4.78, 5) is 7.70. The van der Waals surface area contributed by atoms with Crippen molar-refractivity contribution in [1.29, 1.82) is 0 Å². The fraction of sp³-hybridized carbons (Fsp3) is 0.350. The topological polar surface area (TPSA) is 49.9 Å². The molecule has 1 saturated heterocycles. The van der Waals surface area contributed by atoms with Gasteiger partial charge in [0.15, 0.2) is 0 Å². The minimum atomic E-state index is -0.242. The Balaban J connectivity index is 1.72. The van der Waals surface area contributed by atoms with Crippen LogP contribution in [0.5, 0.6) is 5.75 Å². The van der Waals surface area contributed by atoms with Gasteiger partial charge in [0, 0.05) is 29.1 Å². The lowest BCUT2D eigenvalue weighted by Gasteiger charge is -2.23. The van der Waals surface area contributed by atoms with Crippen molar-refractivity contribution in [2.75, 3.05) is 19.7 Å². The third-order valence-corrected chi connectivity index (χ3v) is 4.83. The second-order valence-electron chi connectivity index (χ2n) is 6.67. The first-order valence-corrected chi connectivity index (χ1v) is 8.79. The van der Waals surface area contributed by atoms with Gasteiger partial charge in [-0.2, -0.15) is 0 Å². The molecule has 3 aromatic rings. The SMILES string of the molecule is Cc1cc(OCC2CCNCC2)c2c(-c3ccccc3F)c[nH]c2n1. The van der Waals surface area contributed by atoms with Crippen LogP contribution in [0.3, 0.4) is 0 Å². The Morgan fingerprint density at radius 3 is 2.80 bits per heavy atom. The first kappa shape index (κ1) is 16.1. The van der Waals surface area contributed by atoms with E-state index in [2.05, 4.69) is 15.3 Å². The second kappa shape index (κ2) is 6.84. The Hall–Kier alpha value is -2.40. The number of piperidine rings is 1. The molecular formula is C20H22FN3O. The molecule has 1 fully saturated rings. The molecule has 1 aliphatic rings. The largest absolute Gasteiger partial charge is 0.492 e. The molecule has 5 heteroatoms. The number of nitrogens with one attached hydrogen (secondary N) is 2. The van der Waals surface area contributed by atoms with E-state index in [1.165, 1.54) is 6.07 Å². The summed E-state index contributed by atoms with van der Waals surface area (Å²) >= 11 is 0. The van der Waals surface area contributed by atoms with Gasteiger partial charge < -0.3 is 15.0 Å². The number of hydrogen-bond donors (Lipinski definition) is 2. The number of pyridine rings is 1.